The van der Waals surface area contributed by atoms with Gasteiger partial charge in [0.1, 0.15) is 12.3 Å². The lowest BCUT2D eigenvalue weighted by molar-refractivity contribution is -0.139. The van der Waals surface area contributed by atoms with Crippen molar-refractivity contribution in [2.45, 2.75) is 53.1 Å². The summed E-state index contributed by atoms with van der Waals surface area (Å²) in [7, 11) is 0. The van der Waals surface area contributed by atoms with Crippen LogP contribution in [0, 0.1) is 13.8 Å². The molecule has 5 aromatic rings. The van der Waals surface area contributed by atoms with Gasteiger partial charge in [-0.1, -0.05) is 68.4 Å². The maximum atomic E-state index is 13.2. The minimum atomic E-state index is -1.09. The van der Waals surface area contributed by atoms with E-state index < -0.39 is 24.5 Å². The number of carbonyl (C=O) groups is 2. The van der Waals surface area contributed by atoms with Crippen molar-refractivity contribution in [1.82, 2.24) is 5.32 Å². The van der Waals surface area contributed by atoms with Gasteiger partial charge in [0.25, 0.3) is 5.91 Å². The van der Waals surface area contributed by atoms with Crippen LogP contribution in [-0.4, -0.2) is 29.6 Å². The summed E-state index contributed by atoms with van der Waals surface area (Å²) in [5, 5.41) is 15.4. The molecule has 1 aromatic heterocycles. The molecule has 1 atom stereocenters. The maximum Gasteiger partial charge on any atom is 0.322 e. The van der Waals surface area contributed by atoms with E-state index in [9.17, 15) is 9.59 Å². The van der Waals surface area contributed by atoms with E-state index in [1.807, 2.05) is 41.7 Å². The van der Waals surface area contributed by atoms with Crippen LogP contribution in [0.4, 0.5) is 0 Å². The van der Waals surface area contributed by atoms with Crippen molar-refractivity contribution < 1.29 is 19.4 Å². The van der Waals surface area contributed by atoms with Gasteiger partial charge in [0.05, 0.1) is 0 Å². The summed E-state index contributed by atoms with van der Waals surface area (Å²) in [5.74, 6) is -0.825. The van der Waals surface area contributed by atoms with E-state index in [-0.39, 0.29) is 0 Å². The number of fused-ring (bicyclic) bond motifs is 2. The Hall–Kier alpha value is -4.16. The van der Waals surface area contributed by atoms with Crippen molar-refractivity contribution in [2.24, 2.45) is 0 Å². The zero-order valence-corrected chi connectivity index (χ0v) is 24.7. The number of thiophene rings is 1. The van der Waals surface area contributed by atoms with Crippen LogP contribution >= 0.6 is 11.3 Å². The Morgan fingerprint density at radius 2 is 1.59 bits per heavy atom. The predicted octanol–water partition coefficient (Wildman–Crippen LogP) is 7.65. The van der Waals surface area contributed by atoms with Gasteiger partial charge in [-0.25, -0.2) is 0 Å². The van der Waals surface area contributed by atoms with Gasteiger partial charge in [-0.3, -0.25) is 9.59 Å². The molecule has 0 fully saturated rings. The van der Waals surface area contributed by atoms with Gasteiger partial charge in [0, 0.05) is 21.4 Å². The topological polar surface area (TPSA) is 75.6 Å². The van der Waals surface area contributed by atoms with Crippen molar-refractivity contribution in [3.05, 3.63) is 99.9 Å². The summed E-state index contributed by atoms with van der Waals surface area (Å²) in [6.45, 7) is 8.13. The molecule has 5 nitrogen and oxygen atoms in total. The lowest BCUT2D eigenvalue weighted by Crippen LogP contribution is -2.42. The second-order valence-corrected chi connectivity index (χ2v) is 11.6. The second kappa shape index (κ2) is 12.1. The largest absolute Gasteiger partial charge is 0.480 e. The zero-order valence-electron chi connectivity index (χ0n) is 23.9. The highest BCUT2D eigenvalue weighted by atomic mass is 32.1. The SMILES string of the molecule is CCc1cc(-c2c3ccccc3cc3sc(C)c(C)c23)cc(CC)c1OC(Cc1ccccc1)C(=O)NCC(=O)O. The van der Waals surface area contributed by atoms with Crippen LogP contribution < -0.4 is 10.1 Å². The Kier molecular flexibility index (Phi) is 8.41. The number of carboxylic acid groups (broad SMARTS) is 1. The van der Waals surface area contributed by atoms with Gasteiger partial charge in [-0.05, 0) is 89.0 Å². The Bertz CT molecular complexity index is 1710. The highest BCUT2D eigenvalue weighted by Crippen LogP contribution is 2.44. The third-order valence-electron chi connectivity index (χ3n) is 7.70. The maximum absolute atomic E-state index is 13.2. The average molecular weight is 566 g/mol. The fourth-order valence-corrected chi connectivity index (χ4v) is 6.63. The molecule has 41 heavy (non-hydrogen) atoms. The first kappa shape index (κ1) is 28.4. The Labute approximate surface area is 244 Å². The third kappa shape index (κ3) is 5.84. The van der Waals surface area contributed by atoms with Crippen molar-refractivity contribution in [2.75, 3.05) is 6.54 Å². The molecule has 0 aliphatic rings. The number of carbonyl (C=O) groups excluding carboxylic acids is 1. The molecule has 1 heterocycles. The monoisotopic (exact) mass is 565 g/mol. The van der Waals surface area contributed by atoms with E-state index in [1.165, 1.54) is 36.9 Å². The fourth-order valence-electron chi connectivity index (χ4n) is 5.50. The van der Waals surface area contributed by atoms with Gasteiger partial charge in [0.15, 0.2) is 6.10 Å². The number of benzene rings is 4. The molecule has 210 valence electrons. The van der Waals surface area contributed by atoms with Crippen LogP contribution in [0.25, 0.3) is 32.0 Å². The number of nitrogens with one attached hydrogen (secondary N) is 1. The number of ether oxygens (including phenoxy) is 1. The molecule has 0 saturated heterocycles. The lowest BCUT2D eigenvalue weighted by atomic mass is 9.89. The predicted molar refractivity (Wildman–Crippen MR) is 168 cm³/mol. The van der Waals surface area contributed by atoms with E-state index in [0.29, 0.717) is 12.2 Å². The molecule has 6 heteroatoms. The number of rotatable bonds is 10. The summed E-state index contributed by atoms with van der Waals surface area (Å²) in [4.78, 5) is 25.7. The van der Waals surface area contributed by atoms with Crippen LogP contribution in [0.3, 0.4) is 0 Å². The Morgan fingerprint density at radius 1 is 0.927 bits per heavy atom. The molecule has 0 saturated carbocycles. The van der Waals surface area contributed by atoms with Crippen LogP contribution in [0.15, 0.2) is 72.8 Å². The van der Waals surface area contributed by atoms with Crippen LogP contribution in [0.5, 0.6) is 5.75 Å². The molecular weight excluding hydrogens is 530 g/mol. The van der Waals surface area contributed by atoms with Crippen molar-refractivity contribution >= 4 is 44.1 Å². The molecule has 1 unspecified atom stereocenters. The molecule has 0 aliphatic heterocycles. The first-order valence-corrected chi connectivity index (χ1v) is 14.9. The summed E-state index contributed by atoms with van der Waals surface area (Å²) >= 11 is 1.83. The molecule has 1 amide bonds. The normalized spacial score (nSPS) is 12.0. The fraction of sp³-hybridized carbons (Fsp3) is 0.257. The zero-order chi connectivity index (χ0) is 29.1. The van der Waals surface area contributed by atoms with Crippen molar-refractivity contribution in [3.8, 4) is 16.9 Å². The minimum absolute atomic E-state index is 0.331. The number of aliphatic carboxylic acids is 1. The quantitative estimate of drug-likeness (QED) is 0.182. The minimum Gasteiger partial charge on any atom is -0.480 e. The molecule has 0 radical (unpaired) electrons. The number of amides is 1. The van der Waals surface area contributed by atoms with Gasteiger partial charge < -0.3 is 15.2 Å². The molecule has 5 rings (SSSR count). The van der Waals surface area contributed by atoms with Crippen LogP contribution in [-0.2, 0) is 28.9 Å². The lowest BCUT2D eigenvalue weighted by Gasteiger charge is -2.24. The molecule has 2 N–H and O–H groups in total. The number of aryl methyl sites for hydroxylation is 4. The second-order valence-electron chi connectivity index (χ2n) is 10.4. The van der Waals surface area contributed by atoms with Crippen molar-refractivity contribution in [1.29, 1.82) is 0 Å². The molecule has 0 bridgehead atoms. The first-order chi connectivity index (χ1) is 19.8. The van der Waals surface area contributed by atoms with Crippen LogP contribution in [0.2, 0.25) is 0 Å². The van der Waals surface area contributed by atoms with Gasteiger partial charge >= 0.3 is 5.97 Å². The van der Waals surface area contributed by atoms with Gasteiger partial charge in [-0.15, -0.1) is 11.3 Å². The number of hydrogen-bond donors (Lipinski definition) is 2. The molecule has 0 spiro atoms. The average Bonchev–Trinajstić information content (AvgIpc) is 3.26. The summed E-state index contributed by atoms with van der Waals surface area (Å²) in [6.07, 6.45) is 0.905. The van der Waals surface area contributed by atoms with E-state index in [4.69, 9.17) is 9.84 Å². The molecule has 0 aliphatic carbocycles. The summed E-state index contributed by atoms with van der Waals surface area (Å²) in [6, 6.07) is 24.9. The van der Waals surface area contributed by atoms with Crippen LogP contribution in [0.1, 0.15) is 41.0 Å². The standard InChI is InChI=1S/C35H35NO4S/c1-5-24-17-27(33-28-15-11-10-14-26(28)19-30-32(33)21(3)22(4)41-30)18-25(6-2)34(24)40-29(35(39)36-20-31(37)38)16-23-12-8-7-9-13-23/h7-15,17-19,29H,5-6,16,20H2,1-4H3,(H,36,39)(H,37,38). The van der Waals surface area contributed by atoms with Crippen molar-refractivity contribution in [3.63, 3.8) is 0 Å². The Balaban J connectivity index is 1.64. The first-order valence-electron chi connectivity index (χ1n) is 14.1. The third-order valence-corrected chi connectivity index (χ3v) is 8.86. The number of hydrogen-bond acceptors (Lipinski definition) is 4. The summed E-state index contributed by atoms with van der Waals surface area (Å²) < 4.78 is 7.83. The van der Waals surface area contributed by atoms with E-state index in [0.717, 1.165) is 35.1 Å². The highest BCUT2D eigenvalue weighted by Gasteiger charge is 2.25. The van der Waals surface area contributed by atoms with E-state index >= 15 is 0 Å². The summed E-state index contributed by atoms with van der Waals surface area (Å²) in [5.41, 5.74) is 6.67. The number of carboxylic acids is 1. The van der Waals surface area contributed by atoms with E-state index in [2.05, 4.69) is 75.5 Å². The smallest absolute Gasteiger partial charge is 0.322 e. The Morgan fingerprint density at radius 3 is 2.24 bits per heavy atom. The van der Waals surface area contributed by atoms with Gasteiger partial charge in [0.2, 0.25) is 0 Å². The van der Waals surface area contributed by atoms with E-state index in [1.54, 1.807) is 0 Å². The molecule has 4 aromatic carbocycles. The highest BCUT2D eigenvalue weighted by molar-refractivity contribution is 7.19. The van der Waals surface area contributed by atoms with Gasteiger partial charge in [-0.2, -0.15) is 0 Å². The molecular formula is C35H35NO4S.